The second kappa shape index (κ2) is 13.1. The highest BCUT2D eigenvalue weighted by Gasteiger charge is 2.51. The van der Waals surface area contributed by atoms with Gasteiger partial charge < -0.3 is 9.30 Å². The van der Waals surface area contributed by atoms with Gasteiger partial charge in [-0.1, -0.05) is 158 Å². The van der Waals surface area contributed by atoms with E-state index in [1.165, 1.54) is 49.4 Å². The van der Waals surface area contributed by atoms with Gasteiger partial charge in [0.1, 0.15) is 11.5 Å². The maximum absolute atomic E-state index is 7.05. The molecule has 10 aromatic rings. The molecule has 0 saturated carbocycles. The van der Waals surface area contributed by atoms with E-state index in [-0.39, 0.29) is 0 Å². The van der Waals surface area contributed by atoms with Crippen molar-refractivity contribution in [1.82, 2.24) is 14.5 Å². The van der Waals surface area contributed by atoms with Gasteiger partial charge >= 0.3 is 0 Å². The molecule has 0 atom stereocenters. The molecule has 0 saturated heterocycles. The lowest BCUT2D eigenvalue weighted by molar-refractivity contribution is 0.437. The van der Waals surface area contributed by atoms with Gasteiger partial charge in [-0.3, -0.25) is 0 Å². The Morgan fingerprint density at radius 3 is 2.00 bits per heavy atom. The molecule has 1 spiro atoms. The lowest BCUT2D eigenvalue weighted by Gasteiger charge is -2.39. The van der Waals surface area contributed by atoms with E-state index in [0.717, 1.165) is 80.5 Å². The summed E-state index contributed by atoms with van der Waals surface area (Å²) in [6.07, 6.45) is 8.64. The van der Waals surface area contributed by atoms with Crippen molar-refractivity contribution >= 4 is 38.2 Å². The number of allylic oxidation sites excluding steroid dienone is 4. The van der Waals surface area contributed by atoms with E-state index < -0.39 is 5.41 Å². The Morgan fingerprint density at radius 1 is 0.492 bits per heavy atom. The molecule has 8 aromatic carbocycles. The molecule has 0 bridgehead atoms. The molecule has 3 aliphatic rings. The van der Waals surface area contributed by atoms with Gasteiger partial charge in [-0.2, -0.15) is 0 Å². The minimum atomic E-state index is -0.561. The smallest absolute Gasteiger partial charge is 0.160 e. The fourth-order valence-corrected chi connectivity index (χ4v) is 10.5. The number of hydrogen-bond donors (Lipinski definition) is 0. The number of hydrogen-bond acceptors (Lipinski definition) is 3. The third-order valence-corrected chi connectivity index (χ3v) is 13.1. The highest BCUT2D eigenvalue weighted by molar-refractivity contribution is 6.22. The number of aromatic nitrogens is 3. The molecule has 61 heavy (non-hydrogen) atoms. The van der Waals surface area contributed by atoms with Gasteiger partial charge in [-0.25, -0.2) is 9.97 Å². The van der Waals surface area contributed by atoms with Crippen LogP contribution < -0.4 is 4.74 Å². The Hall–Kier alpha value is -7.82. The number of benzene rings is 8. The zero-order valence-corrected chi connectivity index (χ0v) is 33.2. The maximum atomic E-state index is 7.05. The van der Waals surface area contributed by atoms with Crippen LogP contribution in [-0.4, -0.2) is 14.5 Å². The van der Waals surface area contributed by atoms with E-state index in [4.69, 9.17) is 14.7 Å². The zero-order valence-electron chi connectivity index (χ0n) is 33.2. The van der Waals surface area contributed by atoms with Gasteiger partial charge in [0, 0.05) is 50.4 Å². The standard InChI is InChI=1S/C57H37N3O/c1-3-17-37(18-4-1)49-34-50(59-56(58-49)38-19-5-2-6-20-38)39-21-15-22-40(32-39)60-51-31-30-36-16-7-8-23-41(36)55(51)44-33-48-54(35-52(44)60)61-53-29-14-13-28-47(53)57(48)45-26-11-9-24-42(45)43-25-10-12-27-46(43)57/h1,3-5,7-35H,2,6H2. The van der Waals surface area contributed by atoms with E-state index in [1.54, 1.807) is 0 Å². The first-order valence-corrected chi connectivity index (χ1v) is 21.1. The topological polar surface area (TPSA) is 39.9 Å². The van der Waals surface area contributed by atoms with Crippen molar-refractivity contribution < 1.29 is 4.74 Å². The third-order valence-electron chi connectivity index (χ3n) is 13.1. The van der Waals surface area contributed by atoms with Crippen molar-refractivity contribution in [3.8, 4) is 50.8 Å². The largest absolute Gasteiger partial charge is 0.457 e. The van der Waals surface area contributed by atoms with Crippen molar-refractivity contribution in [1.29, 1.82) is 0 Å². The minimum Gasteiger partial charge on any atom is -0.457 e. The highest BCUT2D eigenvalue weighted by atomic mass is 16.5. The highest BCUT2D eigenvalue weighted by Crippen LogP contribution is 2.62. The van der Waals surface area contributed by atoms with Crippen LogP contribution in [0.4, 0.5) is 0 Å². The van der Waals surface area contributed by atoms with Gasteiger partial charge in [0.25, 0.3) is 0 Å². The summed E-state index contributed by atoms with van der Waals surface area (Å²) in [5, 5.41) is 4.84. The number of fused-ring (bicyclic) bond motifs is 14. The number of para-hydroxylation sites is 1. The molecule has 286 valence electrons. The van der Waals surface area contributed by atoms with Crippen molar-refractivity contribution in [2.45, 2.75) is 18.3 Å². The summed E-state index contributed by atoms with van der Waals surface area (Å²) in [5.41, 5.74) is 15.1. The summed E-state index contributed by atoms with van der Waals surface area (Å²) in [7, 11) is 0. The lowest BCUT2D eigenvalue weighted by Crippen LogP contribution is -2.32. The molecule has 0 amide bonds. The van der Waals surface area contributed by atoms with Gasteiger partial charge in [0.15, 0.2) is 5.82 Å². The molecule has 1 aliphatic heterocycles. The number of rotatable bonds is 4. The molecule has 0 unspecified atom stereocenters. The summed E-state index contributed by atoms with van der Waals surface area (Å²) in [6, 6.07) is 65.9. The summed E-state index contributed by atoms with van der Waals surface area (Å²) >= 11 is 0. The van der Waals surface area contributed by atoms with Gasteiger partial charge in [-0.05, 0) is 82.3 Å². The maximum Gasteiger partial charge on any atom is 0.160 e. The first-order chi connectivity index (χ1) is 30.2. The molecule has 3 heterocycles. The SMILES string of the molecule is C1=CC(c2nc(-c3ccccc3)cc(-c3cccc(-n4c5cc6c(cc5c5c7ccccc7ccc54)C4(c5ccccc5O6)c5ccccc5-c5ccccc54)c3)n2)=CCC1. The Bertz CT molecular complexity index is 3470. The average Bonchev–Trinajstić information content (AvgIpc) is 3.82. The quantitative estimate of drug-likeness (QED) is 0.179. The van der Waals surface area contributed by atoms with Crippen LogP contribution in [0.1, 0.15) is 40.9 Å². The molecular formula is C57H37N3O. The molecule has 4 nitrogen and oxygen atoms in total. The van der Waals surface area contributed by atoms with Crippen molar-refractivity contribution in [2.75, 3.05) is 0 Å². The molecule has 0 radical (unpaired) electrons. The van der Waals surface area contributed by atoms with Crippen molar-refractivity contribution in [2.24, 2.45) is 0 Å². The average molecular weight is 780 g/mol. The molecule has 0 N–H and O–H groups in total. The second-order valence-electron chi connectivity index (χ2n) is 16.3. The molecule has 13 rings (SSSR count). The van der Waals surface area contributed by atoms with Gasteiger partial charge in [-0.15, -0.1) is 0 Å². The molecule has 2 aliphatic carbocycles. The van der Waals surface area contributed by atoms with E-state index in [0.29, 0.717) is 0 Å². The van der Waals surface area contributed by atoms with Crippen LogP contribution in [0.5, 0.6) is 11.5 Å². The van der Waals surface area contributed by atoms with Crippen LogP contribution >= 0.6 is 0 Å². The predicted octanol–water partition coefficient (Wildman–Crippen LogP) is 14.3. The fourth-order valence-electron chi connectivity index (χ4n) is 10.5. The Kier molecular flexibility index (Phi) is 7.31. The third kappa shape index (κ3) is 4.93. The van der Waals surface area contributed by atoms with Gasteiger partial charge in [0.05, 0.1) is 27.8 Å². The minimum absolute atomic E-state index is 0.561. The summed E-state index contributed by atoms with van der Waals surface area (Å²) in [4.78, 5) is 10.3. The first-order valence-electron chi connectivity index (χ1n) is 21.1. The van der Waals surface area contributed by atoms with E-state index in [9.17, 15) is 0 Å². The molecule has 4 heteroatoms. The molecule has 2 aromatic heterocycles. The monoisotopic (exact) mass is 779 g/mol. The second-order valence-corrected chi connectivity index (χ2v) is 16.3. The fraction of sp³-hybridized carbons (Fsp3) is 0.0526. The van der Waals surface area contributed by atoms with E-state index in [1.807, 2.05) is 6.07 Å². The molecular weight excluding hydrogens is 743 g/mol. The Morgan fingerprint density at radius 2 is 1.20 bits per heavy atom. The summed E-state index contributed by atoms with van der Waals surface area (Å²) in [5.74, 6) is 2.49. The van der Waals surface area contributed by atoms with Gasteiger partial charge in [0.2, 0.25) is 0 Å². The predicted molar refractivity (Wildman–Crippen MR) is 248 cm³/mol. The van der Waals surface area contributed by atoms with Crippen LogP contribution in [-0.2, 0) is 5.41 Å². The zero-order chi connectivity index (χ0) is 40.1. The van der Waals surface area contributed by atoms with Crippen LogP contribution in [0, 0.1) is 0 Å². The lowest BCUT2D eigenvalue weighted by atomic mass is 9.66. The van der Waals surface area contributed by atoms with Crippen LogP contribution in [0.3, 0.4) is 0 Å². The Balaban J connectivity index is 1.09. The molecule has 0 fully saturated rings. The number of nitrogens with zero attached hydrogens (tertiary/aromatic N) is 3. The normalized spacial score (nSPS) is 14.4. The van der Waals surface area contributed by atoms with Crippen LogP contribution in [0.25, 0.3) is 77.5 Å². The van der Waals surface area contributed by atoms with Crippen molar-refractivity contribution in [3.63, 3.8) is 0 Å². The van der Waals surface area contributed by atoms with Crippen LogP contribution in [0.15, 0.2) is 200 Å². The summed E-state index contributed by atoms with van der Waals surface area (Å²) in [6.45, 7) is 0. The Labute approximate surface area is 353 Å². The van der Waals surface area contributed by atoms with E-state index >= 15 is 0 Å². The number of ether oxygens (including phenoxy) is 1. The van der Waals surface area contributed by atoms with Crippen molar-refractivity contribution in [3.05, 3.63) is 228 Å². The van der Waals surface area contributed by atoms with E-state index in [2.05, 4.69) is 199 Å². The van der Waals surface area contributed by atoms with Crippen LogP contribution in [0.2, 0.25) is 0 Å². The summed E-state index contributed by atoms with van der Waals surface area (Å²) < 4.78 is 9.47. The first kappa shape index (κ1) is 34.1.